The first-order chi connectivity index (χ1) is 8.65. The molecular formula is C14H12ClNS2. The Labute approximate surface area is 119 Å². The minimum absolute atomic E-state index is 0.0901. The van der Waals surface area contributed by atoms with Crippen molar-refractivity contribution in [1.29, 1.82) is 0 Å². The molecule has 1 nitrogen and oxygen atoms in total. The van der Waals surface area contributed by atoms with Gasteiger partial charge in [0.25, 0.3) is 0 Å². The zero-order valence-corrected chi connectivity index (χ0v) is 12.2. The lowest BCUT2D eigenvalue weighted by molar-refractivity contribution is 0.894. The van der Waals surface area contributed by atoms with Crippen LogP contribution < -0.4 is 5.73 Å². The largest absolute Gasteiger partial charge is 0.320 e. The Kier molecular flexibility index (Phi) is 3.16. The number of thiophene rings is 2. The van der Waals surface area contributed by atoms with Crippen molar-refractivity contribution >= 4 is 43.7 Å². The summed E-state index contributed by atoms with van der Waals surface area (Å²) >= 11 is 9.67. The van der Waals surface area contributed by atoms with Crippen LogP contribution in [0, 0.1) is 6.92 Å². The molecule has 0 radical (unpaired) electrons. The Balaban J connectivity index is 2.00. The summed E-state index contributed by atoms with van der Waals surface area (Å²) in [5, 5.41) is 2.89. The number of rotatable bonds is 2. The SMILES string of the molecule is Cc1ccc(C(N)c2cc3sccc3s2)cc1Cl. The average Bonchev–Trinajstić information content (AvgIpc) is 2.92. The van der Waals surface area contributed by atoms with E-state index in [1.165, 1.54) is 14.3 Å². The van der Waals surface area contributed by atoms with Crippen molar-refractivity contribution in [3.05, 3.63) is 56.7 Å². The smallest absolute Gasteiger partial charge is 0.0647 e. The summed E-state index contributed by atoms with van der Waals surface area (Å²) in [6.07, 6.45) is 0. The number of aryl methyl sites for hydroxylation is 1. The number of benzene rings is 1. The average molecular weight is 294 g/mol. The van der Waals surface area contributed by atoms with Crippen LogP contribution in [0.3, 0.4) is 0 Å². The molecule has 0 spiro atoms. The molecule has 1 atom stereocenters. The molecule has 0 aliphatic carbocycles. The van der Waals surface area contributed by atoms with Crippen LogP contribution in [0.15, 0.2) is 35.7 Å². The highest BCUT2D eigenvalue weighted by Crippen LogP contribution is 2.35. The van der Waals surface area contributed by atoms with Crippen molar-refractivity contribution in [1.82, 2.24) is 0 Å². The first kappa shape index (κ1) is 12.2. The number of hydrogen-bond donors (Lipinski definition) is 1. The molecule has 0 saturated heterocycles. The molecule has 0 bridgehead atoms. The molecule has 0 aliphatic heterocycles. The summed E-state index contributed by atoms with van der Waals surface area (Å²) in [6.45, 7) is 2.00. The third-order valence-electron chi connectivity index (χ3n) is 3.02. The molecule has 3 rings (SSSR count). The first-order valence-electron chi connectivity index (χ1n) is 5.64. The normalized spacial score (nSPS) is 13.1. The van der Waals surface area contributed by atoms with Crippen LogP contribution in [0.5, 0.6) is 0 Å². The monoisotopic (exact) mass is 293 g/mol. The highest BCUT2D eigenvalue weighted by atomic mass is 35.5. The van der Waals surface area contributed by atoms with E-state index >= 15 is 0 Å². The molecule has 3 aromatic rings. The maximum atomic E-state index is 6.31. The third kappa shape index (κ3) is 2.08. The summed E-state index contributed by atoms with van der Waals surface area (Å²) in [5.41, 5.74) is 8.47. The van der Waals surface area contributed by atoms with Crippen LogP contribution in [-0.2, 0) is 0 Å². The van der Waals surface area contributed by atoms with Gasteiger partial charge in [-0.15, -0.1) is 22.7 Å². The van der Waals surface area contributed by atoms with Gasteiger partial charge in [0.1, 0.15) is 0 Å². The van der Waals surface area contributed by atoms with E-state index in [4.69, 9.17) is 17.3 Å². The Morgan fingerprint density at radius 2 is 2.00 bits per heavy atom. The summed E-state index contributed by atoms with van der Waals surface area (Å²) in [7, 11) is 0. The number of halogens is 1. The van der Waals surface area contributed by atoms with E-state index in [-0.39, 0.29) is 6.04 Å². The van der Waals surface area contributed by atoms with Gasteiger partial charge in [-0.3, -0.25) is 0 Å². The lowest BCUT2D eigenvalue weighted by atomic mass is 10.0. The van der Waals surface area contributed by atoms with Gasteiger partial charge < -0.3 is 5.73 Å². The van der Waals surface area contributed by atoms with Crippen molar-refractivity contribution in [3.8, 4) is 0 Å². The lowest BCUT2D eigenvalue weighted by Crippen LogP contribution is -2.10. The van der Waals surface area contributed by atoms with E-state index < -0.39 is 0 Å². The third-order valence-corrected chi connectivity index (χ3v) is 5.60. The van der Waals surface area contributed by atoms with Crippen LogP contribution in [0.25, 0.3) is 9.40 Å². The van der Waals surface area contributed by atoms with E-state index in [9.17, 15) is 0 Å². The van der Waals surface area contributed by atoms with Crippen LogP contribution in [0.1, 0.15) is 22.0 Å². The van der Waals surface area contributed by atoms with E-state index in [2.05, 4.69) is 23.6 Å². The Morgan fingerprint density at radius 3 is 2.72 bits per heavy atom. The van der Waals surface area contributed by atoms with Gasteiger partial charge in [0, 0.05) is 19.3 Å². The first-order valence-corrected chi connectivity index (χ1v) is 7.71. The molecule has 0 aliphatic rings. The zero-order valence-electron chi connectivity index (χ0n) is 9.81. The molecule has 4 heteroatoms. The van der Waals surface area contributed by atoms with E-state index in [0.29, 0.717) is 0 Å². The Hall–Kier alpha value is -0.870. The van der Waals surface area contributed by atoms with Gasteiger partial charge in [-0.05, 0) is 41.6 Å². The van der Waals surface area contributed by atoms with Crippen molar-refractivity contribution in [2.24, 2.45) is 5.73 Å². The molecule has 2 N–H and O–H groups in total. The molecule has 0 saturated carbocycles. The van der Waals surface area contributed by atoms with Gasteiger partial charge >= 0.3 is 0 Å². The maximum Gasteiger partial charge on any atom is 0.0647 e. The van der Waals surface area contributed by atoms with Gasteiger partial charge in [-0.25, -0.2) is 0 Å². The summed E-state index contributed by atoms with van der Waals surface area (Å²) in [6, 6.07) is 10.3. The highest BCUT2D eigenvalue weighted by Gasteiger charge is 2.13. The van der Waals surface area contributed by atoms with Crippen molar-refractivity contribution in [2.45, 2.75) is 13.0 Å². The van der Waals surface area contributed by atoms with Gasteiger partial charge in [-0.2, -0.15) is 0 Å². The predicted molar refractivity (Wildman–Crippen MR) is 81.9 cm³/mol. The molecule has 0 fully saturated rings. The Morgan fingerprint density at radius 1 is 1.17 bits per heavy atom. The molecule has 92 valence electrons. The highest BCUT2D eigenvalue weighted by molar-refractivity contribution is 7.27. The van der Waals surface area contributed by atoms with Crippen molar-refractivity contribution in [3.63, 3.8) is 0 Å². The van der Waals surface area contributed by atoms with Crippen LogP contribution in [0.4, 0.5) is 0 Å². The predicted octanol–water partition coefficient (Wildman–Crippen LogP) is 4.97. The summed E-state index contributed by atoms with van der Waals surface area (Å²) < 4.78 is 2.62. The van der Waals surface area contributed by atoms with Crippen LogP contribution in [0.2, 0.25) is 5.02 Å². The maximum absolute atomic E-state index is 6.31. The molecule has 18 heavy (non-hydrogen) atoms. The van der Waals surface area contributed by atoms with Gasteiger partial charge in [-0.1, -0.05) is 23.7 Å². The minimum Gasteiger partial charge on any atom is -0.320 e. The van der Waals surface area contributed by atoms with Crippen LogP contribution >= 0.6 is 34.3 Å². The fraction of sp³-hybridized carbons (Fsp3) is 0.143. The summed E-state index contributed by atoms with van der Waals surface area (Å²) in [4.78, 5) is 1.19. The lowest BCUT2D eigenvalue weighted by Gasteiger charge is -2.11. The second kappa shape index (κ2) is 4.67. The number of nitrogens with two attached hydrogens (primary N) is 1. The van der Waals surface area contributed by atoms with Crippen LogP contribution in [-0.4, -0.2) is 0 Å². The number of hydrogen-bond acceptors (Lipinski definition) is 3. The van der Waals surface area contributed by atoms with Crippen molar-refractivity contribution in [2.75, 3.05) is 0 Å². The van der Waals surface area contributed by atoms with E-state index in [1.54, 1.807) is 22.7 Å². The van der Waals surface area contributed by atoms with E-state index in [0.717, 1.165) is 16.1 Å². The molecule has 2 aromatic heterocycles. The van der Waals surface area contributed by atoms with Gasteiger partial charge in [0.2, 0.25) is 0 Å². The Bertz CT molecular complexity index is 670. The summed E-state index contributed by atoms with van der Waals surface area (Å²) in [5.74, 6) is 0. The fourth-order valence-electron chi connectivity index (χ4n) is 1.90. The molecule has 1 unspecified atom stereocenters. The van der Waals surface area contributed by atoms with Crippen molar-refractivity contribution < 1.29 is 0 Å². The quantitative estimate of drug-likeness (QED) is 0.709. The fourth-order valence-corrected chi connectivity index (χ4v) is 4.24. The second-order valence-corrected chi connectivity index (χ2v) is 6.75. The second-order valence-electron chi connectivity index (χ2n) is 4.28. The standard InChI is InChI=1S/C14H12ClNS2/c1-8-2-3-9(6-10(8)15)14(16)13-7-12-11(18-13)4-5-17-12/h2-7,14H,16H2,1H3. The molecule has 2 heterocycles. The number of fused-ring (bicyclic) bond motifs is 1. The molecular weight excluding hydrogens is 282 g/mol. The molecule has 0 amide bonds. The van der Waals surface area contributed by atoms with Gasteiger partial charge in [0.05, 0.1) is 6.04 Å². The van der Waals surface area contributed by atoms with E-state index in [1.807, 2.05) is 19.1 Å². The molecule has 1 aromatic carbocycles. The topological polar surface area (TPSA) is 26.0 Å². The zero-order chi connectivity index (χ0) is 12.7. The van der Waals surface area contributed by atoms with Gasteiger partial charge in [0.15, 0.2) is 0 Å². The minimum atomic E-state index is -0.0901.